The standard InChI is InChI=1S/C12H18ClN3/c1-14-6-10-5-12(15-7-11(10)13)16(2)8-9-3-4-9/h5,7,9,14H,3-4,6,8H2,1-2H3. The minimum Gasteiger partial charge on any atom is -0.359 e. The number of nitrogens with one attached hydrogen (secondary N) is 1. The lowest BCUT2D eigenvalue weighted by Gasteiger charge is -2.18. The number of halogens is 1. The lowest BCUT2D eigenvalue weighted by atomic mass is 10.2. The van der Waals surface area contributed by atoms with E-state index in [4.69, 9.17) is 11.6 Å². The van der Waals surface area contributed by atoms with E-state index in [0.29, 0.717) is 0 Å². The molecule has 0 aliphatic heterocycles. The zero-order chi connectivity index (χ0) is 11.5. The average Bonchev–Trinajstić information content (AvgIpc) is 3.05. The summed E-state index contributed by atoms with van der Waals surface area (Å²) in [4.78, 5) is 6.58. The van der Waals surface area contributed by atoms with Crippen molar-refractivity contribution in [3.05, 3.63) is 22.8 Å². The van der Waals surface area contributed by atoms with Crippen LogP contribution in [0.3, 0.4) is 0 Å². The number of nitrogens with zero attached hydrogens (tertiary/aromatic N) is 2. The first-order valence-electron chi connectivity index (χ1n) is 5.71. The van der Waals surface area contributed by atoms with E-state index in [2.05, 4.69) is 28.3 Å². The molecule has 1 aromatic heterocycles. The van der Waals surface area contributed by atoms with Crippen molar-refractivity contribution in [2.24, 2.45) is 5.92 Å². The summed E-state index contributed by atoms with van der Waals surface area (Å²) < 4.78 is 0. The Labute approximate surface area is 102 Å². The molecule has 3 nitrogen and oxygen atoms in total. The highest BCUT2D eigenvalue weighted by molar-refractivity contribution is 6.31. The first kappa shape index (κ1) is 11.7. The number of rotatable bonds is 5. The Bertz CT molecular complexity index is 363. The minimum atomic E-state index is 0.734. The van der Waals surface area contributed by atoms with Crippen LogP contribution < -0.4 is 10.2 Å². The molecule has 1 N–H and O–H groups in total. The van der Waals surface area contributed by atoms with Crippen molar-refractivity contribution < 1.29 is 0 Å². The number of anilines is 1. The molecule has 0 bridgehead atoms. The van der Waals surface area contributed by atoms with Gasteiger partial charge in [0.05, 0.1) is 5.02 Å². The minimum absolute atomic E-state index is 0.734. The molecular formula is C12H18ClN3. The summed E-state index contributed by atoms with van der Waals surface area (Å²) in [5.41, 5.74) is 1.11. The van der Waals surface area contributed by atoms with Gasteiger partial charge in [0.25, 0.3) is 0 Å². The molecule has 4 heteroatoms. The zero-order valence-corrected chi connectivity index (χ0v) is 10.6. The quantitative estimate of drug-likeness (QED) is 0.855. The third-order valence-corrected chi connectivity index (χ3v) is 3.25. The van der Waals surface area contributed by atoms with Gasteiger partial charge in [-0.2, -0.15) is 0 Å². The van der Waals surface area contributed by atoms with Gasteiger partial charge in [-0.3, -0.25) is 0 Å². The van der Waals surface area contributed by atoms with E-state index in [9.17, 15) is 0 Å². The molecule has 1 fully saturated rings. The summed E-state index contributed by atoms with van der Waals surface area (Å²) in [6.45, 7) is 1.89. The van der Waals surface area contributed by atoms with Crippen LogP contribution in [0.25, 0.3) is 0 Å². The molecule has 16 heavy (non-hydrogen) atoms. The Morgan fingerprint density at radius 2 is 2.31 bits per heavy atom. The lowest BCUT2D eigenvalue weighted by Crippen LogP contribution is -2.21. The Hall–Kier alpha value is -0.800. The van der Waals surface area contributed by atoms with Crippen LogP contribution in [-0.4, -0.2) is 25.6 Å². The van der Waals surface area contributed by atoms with E-state index >= 15 is 0 Å². The number of hydrogen-bond donors (Lipinski definition) is 1. The van der Waals surface area contributed by atoms with Gasteiger partial charge in [-0.1, -0.05) is 11.6 Å². The summed E-state index contributed by atoms with van der Waals surface area (Å²) >= 11 is 6.08. The highest BCUT2D eigenvalue weighted by Gasteiger charge is 2.23. The summed E-state index contributed by atoms with van der Waals surface area (Å²) in [7, 11) is 4.02. The molecular weight excluding hydrogens is 222 g/mol. The highest BCUT2D eigenvalue weighted by Crippen LogP contribution is 2.30. The van der Waals surface area contributed by atoms with Crippen molar-refractivity contribution in [3.63, 3.8) is 0 Å². The molecule has 1 aromatic rings. The highest BCUT2D eigenvalue weighted by atomic mass is 35.5. The van der Waals surface area contributed by atoms with Crippen LogP contribution in [0.4, 0.5) is 5.82 Å². The number of aromatic nitrogens is 1. The molecule has 0 aromatic carbocycles. The van der Waals surface area contributed by atoms with Crippen molar-refractivity contribution in [2.75, 3.05) is 25.5 Å². The van der Waals surface area contributed by atoms with E-state index in [1.807, 2.05) is 7.05 Å². The van der Waals surface area contributed by atoms with E-state index in [1.54, 1.807) is 6.20 Å². The first-order chi connectivity index (χ1) is 7.70. The number of pyridine rings is 1. The van der Waals surface area contributed by atoms with Gasteiger partial charge in [0, 0.05) is 26.3 Å². The summed E-state index contributed by atoms with van der Waals surface area (Å²) in [6.07, 6.45) is 4.47. The average molecular weight is 240 g/mol. The Kier molecular flexibility index (Phi) is 3.66. The number of hydrogen-bond acceptors (Lipinski definition) is 3. The van der Waals surface area contributed by atoms with Gasteiger partial charge in [-0.25, -0.2) is 4.98 Å². The lowest BCUT2D eigenvalue weighted by molar-refractivity contribution is 0.771. The topological polar surface area (TPSA) is 28.2 Å². The predicted octanol–water partition coefficient (Wildman–Crippen LogP) is 2.30. The maximum Gasteiger partial charge on any atom is 0.128 e. The van der Waals surface area contributed by atoms with Crippen LogP contribution >= 0.6 is 11.6 Å². The predicted molar refractivity (Wildman–Crippen MR) is 68.0 cm³/mol. The normalized spacial score (nSPS) is 15.2. The van der Waals surface area contributed by atoms with Crippen molar-refractivity contribution in [2.45, 2.75) is 19.4 Å². The van der Waals surface area contributed by atoms with Crippen molar-refractivity contribution >= 4 is 17.4 Å². The third-order valence-electron chi connectivity index (χ3n) is 2.91. The smallest absolute Gasteiger partial charge is 0.128 e. The molecule has 0 atom stereocenters. The van der Waals surface area contributed by atoms with Crippen molar-refractivity contribution in [3.8, 4) is 0 Å². The fourth-order valence-corrected chi connectivity index (χ4v) is 1.95. The Morgan fingerprint density at radius 1 is 1.56 bits per heavy atom. The van der Waals surface area contributed by atoms with E-state index in [1.165, 1.54) is 12.8 Å². The molecule has 1 aliphatic rings. The van der Waals surface area contributed by atoms with Crippen molar-refractivity contribution in [1.82, 2.24) is 10.3 Å². The fourth-order valence-electron chi connectivity index (χ4n) is 1.78. The molecule has 0 radical (unpaired) electrons. The van der Waals surface area contributed by atoms with Crippen LogP contribution in [0.5, 0.6) is 0 Å². The summed E-state index contributed by atoms with van der Waals surface area (Å²) in [5, 5.41) is 3.85. The fraction of sp³-hybridized carbons (Fsp3) is 0.583. The van der Waals surface area contributed by atoms with E-state index in [-0.39, 0.29) is 0 Å². The molecule has 88 valence electrons. The van der Waals surface area contributed by atoms with Gasteiger partial charge >= 0.3 is 0 Å². The van der Waals surface area contributed by atoms with Crippen LogP contribution in [0, 0.1) is 5.92 Å². The van der Waals surface area contributed by atoms with E-state index in [0.717, 1.165) is 35.4 Å². The van der Waals surface area contributed by atoms with Gasteiger partial charge in [0.15, 0.2) is 0 Å². The molecule has 1 heterocycles. The molecule has 0 amide bonds. The second-order valence-corrected chi connectivity index (χ2v) is 4.90. The van der Waals surface area contributed by atoms with Crippen LogP contribution in [-0.2, 0) is 6.54 Å². The van der Waals surface area contributed by atoms with Crippen LogP contribution in [0.2, 0.25) is 5.02 Å². The van der Waals surface area contributed by atoms with Crippen LogP contribution in [0.15, 0.2) is 12.3 Å². The molecule has 2 rings (SSSR count). The van der Waals surface area contributed by atoms with Gasteiger partial charge in [-0.15, -0.1) is 0 Å². The SMILES string of the molecule is CNCc1cc(N(C)CC2CC2)ncc1Cl. The van der Waals surface area contributed by atoms with Gasteiger partial charge in [0.2, 0.25) is 0 Å². The Balaban J connectivity index is 2.10. The van der Waals surface area contributed by atoms with E-state index < -0.39 is 0 Å². The maximum atomic E-state index is 6.08. The zero-order valence-electron chi connectivity index (χ0n) is 9.83. The van der Waals surface area contributed by atoms with Gasteiger partial charge in [0.1, 0.15) is 5.82 Å². The van der Waals surface area contributed by atoms with Crippen molar-refractivity contribution in [1.29, 1.82) is 0 Å². The molecule has 1 aliphatic carbocycles. The Morgan fingerprint density at radius 3 is 2.94 bits per heavy atom. The van der Waals surface area contributed by atoms with Crippen LogP contribution in [0.1, 0.15) is 18.4 Å². The summed E-state index contributed by atoms with van der Waals surface area (Å²) in [5.74, 6) is 1.89. The molecule has 0 spiro atoms. The maximum absolute atomic E-state index is 6.08. The molecule has 0 unspecified atom stereocenters. The largest absolute Gasteiger partial charge is 0.359 e. The summed E-state index contributed by atoms with van der Waals surface area (Å²) in [6, 6.07) is 2.07. The second kappa shape index (κ2) is 5.02. The molecule has 1 saturated carbocycles. The molecule has 0 saturated heterocycles. The third kappa shape index (κ3) is 2.86. The monoisotopic (exact) mass is 239 g/mol. The second-order valence-electron chi connectivity index (χ2n) is 4.49. The van der Waals surface area contributed by atoms with Gasteiger partial charge in [-0.05, 0) is 37.4 Å². The van der Waals surface area contributed by atoms with Gasteiger partial charge < -0.3 is 10.2 Å². The first-order valence-corrected chi connectivity index (χ1v) is 6.08.